The minimum atomic E-state index is -0.899. The van der Waals surface area contributed by atoms with Crippen LogP contribution in [0.2, 0.25) is 0 Å². The van der Waals surface area contributed by atoms with Crippen LogP contribution in [0.15, 0.2) is 34.7 Å². The van der Waals surface area contributed by atoms with Crippen molar-refractivity contribution in [2.45, 2.75) is 35.9 Å². The molecule has 0 radical (unpaired) electrons. The molecule has 1 aromatic carbocycles. The fourth-order valence-corrected chi connectivity index (χ4v) is 5.17. The lowest BCUT2D eigenvalue weighted by atomic mass is 10.1. The van der Waals surface area contributed by atoms with E-state index in [2.05, 4.69) is 4.98 Å². The highest BCUT2D eigenvalue weighted by atomic mass is 32.2. The van der Waals surface area contributed by atoms with Gasteiger partial charge in [0.05, 0.1) is 16.2 Å². The Morgan fingerprint density at radius 2 is 1.90 bits per heavy atom. The largest absolute Gasteiger partial charge is 0.481 e. The topological polar surface area (TPSA) is 94.1 Å². The molecule has 3 rings (SSSR count). The maximum atomic E-state index is 13.5. The summed E-state index contributed by atoms with van der Waals surface area (Å²) in [6.45, 7) is 0. The summed E-state index contributed by atoms with van der Waals surface area (Å²) in [5.41, 5.74) is 1.22. The van der Waals surface area contributed by atoms with Gasteiger partial charge in [0.1, 0.15) is 0 Å². The minimum absolute atomic E-state index is 0.0554. The van der Waals surface area contributed by atoms with Gasteiger partial charge in [-0.15, -0.1) is 11.8 Å². The number of thiazole rings is 1. The summed E-state index contributed by atoms with van der Waals surface area (Å²) in [4.78, 5) is 45.9. The molecule has 0 bridgehead atoms. The van der Waals surface area contributed by atoms with Crippen LogP contribution in [-0.2, 0) is 4.79 Å². The molecule has 0 unspecified atom stereocenters. The first kappa shape index (κ1) is 23.1. The Bertz CT molecular complexity index is 956. The number of amides is 3. The van der Waals surface area contributed by atoms with Gasteiger partial charge in [-0.25, -0.2) is 9.78 Å². The number of carboxylic acid groups (broad SMARTS) is 1. The summed E-state index contributed by atoms with van der Waals surface area (Å²) < 4.78 is 0.739. The van der Waals surface area contributed by atoms with Gasteiger partial charge < -0.3 is 10.0 Å². The summed E-state index contributed by atoms with van der Waals surface area (Å²) in [5, 5.41) is 9.36. The van der Waals surface area contributed by atoms with Gasteiger partial charge in [-0.05, 0) is 31.0 Å². The van der Waals surface area contributed by atoms with Crippen molar-refractivity contribution >= 4 is 51.8 Å². The molecule has 1 heterocycles. The fourth-order valence-electron chi connectivity index (χ4n) is 3.54. The second-order valence-corrected chi connectivity index (χ2v) is 9.83. The van der Waals surface area contributed by atoms with Crippen LogP contribution < -0.4 is 9.80 Å². The van der Waals surface area contributed by atoms with E-state index in [1.807, 2.05) is 6.07 Å². The van der Waals surface area contributed by atoms with E-state index in [0.717, 1.165) is 29.9 Å². The Morgan fingerprint density at radius 3 is 2.55 bits per heavy atom. The zero-order valence-corrected chi connectivity index (χ0v) is 19.4. The van der Waals surface area contributed by atoms with Crippen molar-refractivity contribution < 1.29 is 19.5 Å². The lowest BCUT2D eigenvalue weighted by Gasteiger charge is -2.32. The molecule has 0 atom stereocenters. The normalized spacial score (nSPS) is 13.8. The number of carboxylic acids is 1. The Balaban J connectivity index is 1.87. The highest BCUT2D eigenvalue weighted by Crippen LogP contribution is 2.33. The number of nitrogens with zero attached hydrogens (tertiary/aromatic N) is 4. The van der Waals surface area contributed by atoms with Gasteiger partial charge in [0, 0.05) is 38.4 Å². The highest BCUT2D eigenvalue weighted by molar-refractivity contribution is 8.01. The predicted molar refractivity (Wildman–Crippen MR) is 123 cm³/mol. The molecule has 1 aliphatic carbocycles. The van der Waals surface area contributed by atoms with E-state index >= 15 is 0 Å². The number of carbonyl (C=O) groups is 3. The Morgan fingerprint density at radius 1 is 1.19 bits per heavy atom. The van der Waals surface area contributed by atoms with Gasteiger partial charge in [0.15, 0.2) is 5.13 Å². The van der Waals surface area contributed by atoms with Crippen LogP contribution in [0, 0.1) is 0 Å². The molecule has 8 nitrogen and oxygen atoms in total. The van der Waals surface area contributed by atoms with E-state index < -0.39 is 5.97 Å². The van der Waals surface area contributed by atoms with Crippen molar-refractivity contribution in [3.8, 4) is 0 Å². The SMILES string of the molecule is CN(C)C(=O)c1cccc(N(C(=O)N(C)c2ncc(SCC(=O)O)s2)C2CCCC2)c1. The number of hydrogen-bond acceptors (Lipinski definition) is 6. The number of thioether (sulfide) groups is 1. The van der Waals surface area contributed by atoms with E-state index in [0.29, 0.717) is 16.4 Å². The molecule has 1 N–H and O–H groups in total. The van der Waals surface area contributed by atoms with E-state index in [9.17, 15) is 14.4 Å². The molecule has 0 aliphatic heterocycles. The molecule has 1 saturated carbocycles. The monoisotopic (exact) mass is 462 g/mol. The number of rotatable bonds is 7. The quantitative estimate of drug-likeness (QED) is 0.625. The molecule has 10 heteroatoms. The lowest BCUT2D eigenvalue weighted by molar-refractivity contribution is -0.133. The Kier molecular flexibility index (Phi) is 7.55. The third-order valence-corrected chi connectivity index (χ3v) is 7.31. The van der Waals surface area contributed by atoms with Gasteiger partial charge in [-0.2, -0.15) is 0 Å². The minimum Gasteiger partial charge on any atom is -0.481 e. The van der Waals surface area contributed by atoms with E-state index in [-0.39, 0.29) is 23.7 Å². The average molecular weight is 463 g/mol. The van der Waals surface area contributed by atoms with Crippen molar-refractivity contribution in [1.29, 1.82) is 0 Å². The van der Waals surface area contributed by atoms with Gasteiger partial charge in [-0.3, -0.25) is 19.4 Å². The van der Waals surface area contributed by atoms with Crippen LogP contribution in [0.5, 0.6) is 0 Å². The second-order valence-electron chi connectivity index (χ2n) is 7.54. The molecule has 31 heavy (non-hydrogen) atoms. The van der Waals surface area contributed by atoms with E-state index in [1.165, 1.54) is 32.9 Å². The zero-order valence-electron chi connectivity index (χ0n) is 17.8. The molecular formula is C21H26N4O4S2. The fraction of sp³-hybridized carbons (Fsp3) is 0.429. The molecule has 3 amide bonds. The molecule has 0 saturated heterocycles. The number of hydrogen-bond donors (Lipinski definition) is 1. The van der Waals surface area contributed by atoms with Crippen LogP contribution in [0.1, 0.15) is 36.0 Å². The van der Waals surface area contributed by atoms with Crippen molar-refractivity contribution in [3.63, 3.8) is 0 Å². The lowest BCUT2D eigenvalue weighted by Crippen LogP contribution is -2.46. The standard InChI is InChI=1S/C21H26N4O4S2/c1-23(2)19(28)14-7-6-10-16(11-14)25(15-8-4-5-9-15)21(29)24(3)20-22-12-18(31-20)30-13-17(26)27/h6-7,10-12,15H,4-5,8-9,13H2,1-3H3,(H,26,27). The second kappa shape index (κ2) is 10.1. The smallest absolute Gasteiger partial charge is 0.330 e. The van der Waals surface area contributed by atoms with E-state index in [1.54, 1.807) is 50.4 Å². The summed E-state index contributed by atoms with van der Waals surface area (Å²) in [6, 6.07) is 7.01. The number of aromatic nitrogens is 1. The summed E-state index contributed by atoms with van der Waals surface area (Å²) >= 11 is 2.46. The van der Waals surface area contributed by atoms with Gasteiger partial charge in [0.25, 0.3) is 5.91 Å². The van der Waals surface area contributed by atoms with Gasteiger partial charge in [-0.1, -0.05) is 30.2 Å². The molecule has 1 fully saturated rings. The maximum absolute atomic E-state index is 13.5. The molecule has 2 aromatic rings. The predicted octanol–water partition coefficient (Wildman–Crippen LogP) is 4.03. The summed E-state index contributed by atoms with van der Waals surface area (Å²) in [7, 11) is 5.07. The number of aliphatic carboxylic acids is 1. The first-order chi connectivity index (χ1) is 14.8. The van der Waals surface area contributed by atoms with Crippen molar-refractivity contribution in [2.24, 2.45) is 0 Å². The van der Waals surface area contributed by atoms with Crippen LogP contribution >= 0.6 is 23.1 Å². The first-order valence-corrected chi connectivity index (χ1v) is 11.8. The van der Waals surface area contributed by atoms with E-state index in [4.69, 9.17) is 5.11 Å². The third-order valence-electron chi connectivity index (χ3n) is 5.06. The molecule has 1 aliphatic rings. The van der Waals surface area contributed by atoms with Gasteiger partial charge in [0.2, 0.25) is 0 Å². The maximum Gasteiger partial charge on any atom is 0.330 e. The van der Waals surface area contributed by atoms with Crippen LogP contribution in [0.4, 0.5) is 15.6 Å². The van der Waals surface area contributed by atoms with Crippen LogP contribution in [-0.4, -0.2) is 65.8 Å². The zero-order chi connectivity index (χ0) is 22.5. The van der Waals surface area contributed by atoms with Crippen molar-refractivity contribution in [3.05, 3.63) is 36.0 Å². The van der Waals surface area contributed by atoms with Gasteiger partial charge >= 0.3 is 12.0 Å². The highest BCUT2D eigenvalue weighted by Gasteiger charge is 2.32. The molecule has 166 valence electrons. The average Bonchev–Trinajstić information content (AvgIpc) is 3.44. The van der Waals surface area contributed by atoms with Crippen molar-refractivity contribution in [2.75, 3.05) is 36.7 Å². The summed E-state index contributed by atoms with van der Waals surface area (Å²) in [5.74, 6) is -1.07. The molecular weight excluding hydrogens is 436 g/mol. The van der Waals surface area contributed by atoms with Crippen molar-refractivity contribution in [1.82, 2.24) is 9.88 Å². The number of urea groups is 1. The van der Waals surface area contributed by atoms with Crippen LogP contribution in [0.3, 0.4) is 0 Å². The Labute approximate surface area is 189 Å². The number of carbonyl (C=O) groups excluding carboxylic acids is 2. The first-order valence-electron chi connectivity index (χ1n) is 9.97. The molecule has 1 aromatic heterocycles. The Hall–Kier alpha value is -2.59. The number of benzene rings is 1. The number of anilines is 2. The van der Waals surface area contributed by atoms with Crippen LogP contribution in [0.25, 0.3) is 0 Å². The molecule has 0 spiro atoms. The summed E-state index contributed by atoms with van der Waals surface area (Å²) in [6.07, 6.45) is 5.52. The third kappa shape index (κ3) is 5.56.